The van der Waals surface area contributed by atoms with Gasteiger partial charge in [0.25, 0.3) is 6.43 Å². The Morgan fingerprint density at radius 3 is 2.89 bits per heavy atom. The number of rotatable bonds is 4. The van der Waals surface area contributed by atoms with E-state index < -0.39 is 12.4 Å². The first kappa shape index (κ1) is 12.3. The minimum Gasteiger partial charge on any atom is -0.465 e. The average Bonchev–Trinajstić information content (AvgIpc) is 2.96. The third-order valence-electron chi connectivity index (χ3n) is 3.54. The van der Waals surface area contributed by atoms with Crippen molar-refractivity contribution in [3.8, 4) is 0 Å². The third kappa shape index (κ3) is 1.75. The fourth-order valence-electron chi connectivity index (χ4n) is 2.70. The number of hydrogen-bond donors (Lipinski definition) is 0. The molecule has 0 saturated heterocycles. The summed E-state index contributed by atoms with van der Waals surface area (Å²) in [5.74, 6) is -1.06. The van der Waals surface area contributed by atoms with E-state index in [1.165, 1.54) is 0 Å². The molecule has 1 aromatic rings. The molecule has 7 heteroatoms. The Morgan fingerprint density at radius 2 is 2.26 bits per heavy atom. The van der Waals surface area contributed by atoms with Crippen molar-refractivity contribution < 1.29 is 23.1 Å². The van der Waals surface area contributed by atoms with Crippen molar-refractivity contribution in [3.63, 3.8) is 0 Å². The van der Waals surface area contributed by atoms with Crippen LogP contribution in [0.1, 0.15) is 47.4 Å². The Bertz CT molecular complexity index is 568. The molecule has 0 spiro atoms. The predicted octanol–water partition coefficient (Wildman–Crippen LogP) is 1.68. The number of alkyl halides is 2. The van der Waals surface area contributed by atoms with E-state index in [1.807, 2.05) is 0 Å². The molecular formula is C12H12F2N2O3. The van der Waals surface area contributed by atoms with E-state index in [-0.39, 0.29) is 42.2 Å². The van der Waals surface area contributed by atoms with E-state index >= 15 is 0 Å². The Hall–Kier alpha value is -1.79. The Labute approximate surface area is 107 Å². The first-order chi connectivity index (χ1) is 9.04. The lowest BCUT2D eigenvalue weighted by Gasteiger charge is -2.05. The molecular weight excluding hydrogens is 258 g/mol. The molecule has 0 aliphatic heterocycles. The number of ether oxygens (including phenoxy) is 1. The first-order valence-corrected chi connectivity index (χ1v) is 6.13. The maximum Gasteiger partial charge on any atom is 0.327 e. The molecule has 1 heterocycles. The van der Waals surface area contributed by atoms with Crippen LogP contribution in [-0.2, 0) is 16.1 Å². The second-order valence-electron chi connectivity index (χ2n) is 4.72. The zero-order chi connectivity index (χ0) is 13.7. The molecule has 102 valence electrons. The monoisotopic (exact) mass is 270 g/mol. The number of aromatic nitrogens is 2. The maximum atomic E-state index is 12.9. The van der Waals surface area contributed by atoms with Gasteiger partial charge in [-0.15, -0.1) is 0 Å². The molecule has 2 atom stereocenters. The lowest BCUT2D eigenvalue weighted by molar-refractivity contribution is -0.144. The van der Waals surface area contributed by atoms with Gasteiger partial charge in [-0.1, -0.05) is 0 Å². The van der Waals surface area contributed by atoms with Gasteiger partial charge in [-0.2, -0.15) is 5.10 Å². The number of esters is 1. The van der Waals surface area contributed by atoms with Crippen LogP contribution in [0.5, 0.6) is 0 Å². The van der Waals surface area contributed by atoms with Gasteiger partial charge in [-0.3, -0.25) is 9.59 Å². The van der Waals surface area contributed by atoms with Gasteiger partial charge in [0.15, 0.2) is 5.78 Å². The van der Waals surface area contributed by atoms with Gasteiger partial charge in [0.2, 0.25) is 0 Å². The summed E-state index contributed by atoms with van der Waals surface area (Å²) >= 11 is 0. The Kier molecular flexibility index (Phi) is 2.65. The van der Waals surface area contributed by atoms with Crippen LogP contribution < -0.4 is 0 Å². The van der Waals surface area contributed by atoms with E-state index in [0.29, 0.717) is 12.0 Å². The van der Waals surface area contributed by atoms with Crippen molar-refractivity contribution in [2.24, 2.45) is 5.92 Å². The van der Waals surface area contributed by atoms with E-state index in [0.717, 1.165) is 4.68 Å². The van der Waals surface area contributed by atoms with Crippen LogP contribution in [-0.4, -0.2) is 28.1 Å². The standard InChI is InChI=1S/C12H12F2N2O3/c1-2-19-7(17)4-16-10-8(9(15-16)12(13)14)5-3-6(5)11(10)18/h5-6,12H,2-4H2,1H3/t5-,6-/m1/s1. The van der Waals surface area contributed by atoms with Crippen LogP contribution in [0.15, 0.2) is 0 Å². The zero-order valence-corrected chi connectivity index (χ0v) is 10.2. The number of Topliss-reactive ketones (excluding diaryl/α,β-unsaturated/α-hetero) is 1. The van der Waals surface area contributed by atoms with Crippen LogP contribution in [0, 0.1) is 5.92 Å². The quantitative estimate of drug-likeness (QED) is 0.781. The molecule has 0 amide bonds. The molecule has 1 aromatic heterocycles. The van der Waals surface area contributed by atoms with Crippen molar-refractivity contribution in [1.82, 2.24) is 9.78 Å². The number of hydrogen-bond acceptors (Lipinski definition) is 4. The predicted molar refractivity (Wildman–Crippen MR) is 59.0 cm³/mol. The molecule has 0 radical (unpaired) electrons. The topological polar surface area (TPSA) is 61.2 Å². The molecule has 19 heavy (non-hydrogen) atoms. The highest BCUT2D eigenvalue weighted by Gasteiger charge is 2.56. The highest BCUT2D eigenvalue weighted by Crippen LogP contribution is 2.58. The van der Waals surface area contributed by atoms with Crippen molar-refractivity contribution in [1.29, 1.82) is 0 Å². The molecule has 0 aromatic carbocycles. The number of carbonyl (C=O) groups is 2. The minimum atomic E-state index is -2.73. The molecule has 2 aliphatic rings. The fourth-order valence-corrected chi connectivity index (χ4v) is 2.70. The highest BCUT2D eigenvalue weighted by molar-refractivity contribution is 6.05. The summed E-state index contributed by atoms with van der Waals surface area (Å²) in [5, 5.41) is 3.73. The molecule has 1 saturated carbocycles. The number of nitrogens with zero attached hydrogens (tertiary/aromatic N) is 2. The van der Waals surface area contributed by atoms with E-state index in [2.05, 4.69) is 5.10 Å². The molecule has 2 aliphatic carbocycles. The van der Waals surface area contributed by atoms with Crippen LogP contribution in [0.25, 0.3) is 0 Å². The first-order valence-electron chi connectivity index (χ1n) is 6.13. The second-order valence-corrected chi connectivity index (χ2v) is 4.72. The van der Waals surface area contributed by atoms with Gasteiger partial charge in [0.05, 0.1) is 6.61 Å². The van der Waals surface area contributed by atoms with E-state index in [9.17, 15) is 18.4 Å². The molecule has 0 bridgehead atoms. The van der Waals surface area contributed by atoms with Gasteiger partial charge in [-0.25, -0.2) is 13.5 Å². The average molecular weight is 270 g/mol. The van der Waals surface area contributed by atoms with E-state index in [1.54, 1.807) is 6.92 Å². The minimum absolute atomic E-state index is 0.123. The fraction of sp³-hybridized carbons (Fsp3) is 0.583. The van der Waals surface area contributed by atoms with Gasteiger partial charge >= 0.3 is 5.97 Å². The lowest BCUT2D eigenvalue weighted by atomic mass is 10.1. The van der Waals surface area contributed by atoms with Crippen molar-refractivity contribution >= 4 is 11.8 Å². The largest absolute Gasteiger partial charge is 0.465 e. The summed E-state index contributed by atoms with van der Waals surface area (Å²) in [4.78, 5) is 23.4. The number of fused-ring (bicyclic) bond motifs is 3. The zero-order valence-electron chi connectivity index (χ0n) is 10.2. The van der Waals surface area contributed by atoms with Crippen LogP contribution in [0.3, 0.4) is 0 Å². The third-order valence-corrected chi connectivity index (χ3v) is 3.54. The van der Waals surface area contributed by atoms with Crippen molar-refractivity contribution in [2.45, 2.75) is 32.2 Å². The summed E-state index contributed by atoms with van der Waals surface area (Å²) in [6.07, 6.45) is -2.11. The maximum absolute atomic E-state index is 12.9. The van der Waals surface area contributed by atoms with Crippen molar-refractivity contribution in [2.75, 3.05) is 6.61 Å². The van der Waals surface area contributed by atoms with Crippen LogP contribution in [0.2, 0.25) is 0 Å². The SMILES string of the molecule is CCOC(=O)Cn1nc(C(F)F)c2c1C(=O)[C@@H]1C[C@@H]21. The molecule has 0 N–H and O–H groups in total. The van der Waals surface area contributed by atoms with E-state index in [4.69, 9.17) is 4.74 Å². The summed E-state index contributed by atoms with van der Waals surface area (Å²) in [6.45, 7) is 1.55. The Morgan fingerprint density at radius 1 is 1.53 bits per heavy atom. The van der Waals surface area contributed by atoms with Gasteiger partial charge in [-0.05, 0) is 19.3 Å². The summed E-state index contributed by atoms with van der Waals surface area (Å²) < 4.78 is 31.7. The molecule has 1 fully saturated rings. The van der Waals surface area contributed by atoms with Crippen molar-refractivity contribution in [3.05, 3.63) is 17.0 Å². The summed E-state index contributed by atoms with van der Waals surface area (Å²) in [7, 11) is 0. The molecule has 0 unspecified atom stereocenters. The Balaban J connectivity index is 1.98. The molecule has 3 rings (SSSR count). The van der Waals surface area contributed by atoms with Gasteiger partial charge in [0, 0.05) is 11.5 Å². The highest BCUT2D eigenvalue weighted by atomic mass is 19.3. The lowest BCUT2D eigenvalue weighted by Crippen LogP contribution is -2.18. The van der Waals surface area contributed by atoms with Gasteiger partial charge in [0.1, 0.15) is 17.9 Å². The number of halogens is 2. The van der Waals surface area contributed by atoms with Crippen LogP contribution >= 0.6 is 0 Å². The number of ketones is 1. The smallest absolute Gasteiger partial charge is 0.327 e. The number of carbonyl (C=O) groups excluding carboxylic acids is 2. The van der Waals surface area contributed by atoms with Gasteiger partial charge < -0.3 is 4.74 Å². The van der Waals surface area contributed by atoms with Crippen LogP contribution in [0.4, 0.5) is 8.78 Å². The normalized spacial score (nSPS) is 23.5. The molecule has 5 nitrogen and oxygen atoms in total. The summed E-state index contributed by atoms with van der Waals surface area (Å²) in [5.41, 5.74) is 0.150. The summed E-state index contributed by atoms with van der Waals surface area (Å²) in [6, 6.07) is 0. The second kappa shape index (κ2) is 4.11.